The molecule has 1 N–H and O–H groups in total. The second-order valence-electron chi connectivity index (χ2n) is 6.21. The second-order valence-corrected chi connectivity index (χ2v) is 6.21. The minimum atomic E-state index is -0.823. The van der Waals surface area contributed by atoms with Crippen molar-refractivity contribution in [2.45, 2.75) is 46.3 Å². The van der Waals surface area contributed by atoms with E-state index in [1.54, 1.807) is 40.7 Å². The Kier molecular flexibility index (Phi) is 5.47. The third-order valence-corrected chi connectivity index (χ3v) is 2.73. The van der Waals surface area contributed by atoms with Crippen molar-refractivity contribution in [1.29, 1.82) is 0 Å². The number of carbonyl (C=O) groups is 2. The maximum atomic E-state index is 13.6. The molecule has 0 aliphatic carbocycles. The number of hydrogen-bond acceptors (Lipinski definition) is 3. The van der Waals surface area contributed by atoms with E-state index in [1.807, 2.05) is 0 Å². The molecule has 1 aromatic rings. The summed E-state index contributed by atoms with van der Waals surface area (Å²) in [6, 6.07) is 4.82. The van der Waals surface area contributed by atoms with Gasteiger partial charge in [0.25, 0.3) is 5.91 Å². The molecule has 0 aliphatic heterocycles. The van der Waals surface area contributed by atoms with Crippen molar-refractivity contribution in [3.05, 3.63) is 35.6 Å². The van der Waals surface area contributed by atoms with Crippen LogP contribution in [-0.4, -0.2) is 23.5 Å². The highest BCUT2D eigenvalue weighted by Gasteiger charge is 2.29. The molecule has 0 aromatic heterocycles. The van der Waals surface area contributed by atoms with Crippen LogP contribution in [0.4, 0.5) is 4.39 Å². The van der Waals surface area contributed by atoms with Gasteiger partial charge in [-0.25, -0.2) is 9.18 Å². The van der Waals surface area contributed by atoms with E-state index in [0.29, 0.717) is 0 Å². The summed E-state index contributed by atoms with van der Waals surface area (Å²) < 4.78 is 18.9. The molecule has 116 valence electrons. The molecule has 0 saturated carbocycles. The third-order valence-electron chi connectivity index (χ3n) is 2.73. The number of amides is 1. The van der Waals surface area contributed by atoms with Crippen LogP contribution in [0.3, 0.4) is 0 Å². The van der Waals surface area contributed by atoms with Gasteiger partial charge in [-0.05, 0) is 38.8 Å². The highest BCUT2D eigenvalue weighted by atomic mass is 19.1. The molecule has 0 bridgehead atoms. The average Bonchev–Trinajstić information content (AvgIpc) is 2.33. The van der Waals surface area contributed by atoms with Crippen LogP contribution in [0.2, 0.25) is 0 Å². The topological polar surface area (TPSA) is 55.4 Å². The highest BCUT2D eigenvalue weighted by Crippen LogP contribution is 2.14. The van der Waals surface area contributed by atoms with E-state index >= 15 is 0 Å². The minimum Gasteiger partial charge on any atom is -0.458 e. The Bertz CT molecular complexity index is 520. The number of benzene rings is 1. The summed E-state index contributed by atoms with van der Waals surface area (Å²) >= 11 is 0. The molecule has 1 rings (SSSR count). The largest absolute Gasteiger partial charge is 0.458 e. The van der Waals surface area contributed by atoms with E-state index < -0.39 is 29.3 Å². The Balaban J connectivity index is 2.87. The molecular weight excluding hydrogens is 273 g/mol. The Morgan fingerprint density at radius 1 is 1.19 bits per heavy atom. The number of nitrogens with one attached hydrogen (secondary N) is 1. The zero-order valence-electron chi connectivity index (χ0n) is 13.1. The van der Waals surface area contributed by atoms with E-state index in [-0.39, 0.29) is 11.5 Å². The zero-order valence-corrected chi connectivity index (χ0v) is 13.1. The van der Waals surface area contributed by atoms with Crippen molar-refractivity contribution >= 4 is 11.9 Å². The molecule has 1 amide bonds. The Morgan fingerprint density at radius 3 is 2.24 bits per heavy atom. The van der Waals surface area contributed by atoms with E-state index in [1.165, 1.54) is 18.2 Å². The number of hydrogen-bond donors (Lipinski definition) is 1. The van der Waals surface area contributed by atoms with Gasteiger partial charge in [0, 0.05) is 0 Å². The van der Waals surface area contributed by atoms with Crippen molar-refractivity contribution < 1.29 is 18.7 Å². The van der Waals surface area contributed by atoms with E-state index in [0.717, 1.165) is 0 Å². The molecular formula is C16H22FNO3. The van der Waals surface area contributed by atoms with Crippen LogP contribution in [0, 0.1) is 11.7 Å². The lowest BCUT2D eigenvalue weighted by molar-refractivity contribution is -0.158. The van der Waals surface area contributed by atoms with E-state index in [2.05, 4.69) is 5.32 Å². The Hall–Kier alpha value is -1.91. The maximum Gasteiger partial charge on any atom is 0.329 e. The van der Waals surface area contributed by atoms with Gasteiger partial charge in [-0.2, -0.15) is 0 Å². The van der Waals surface area contributed by atoms with Crippen LogP contribution in [0.1, 0.15) is 45.0 Å². The SMILES string of the molecule is CC(C)[C@@H](NC(=O)c1ccccc1F)C(=O)OC(C)(C)C. The summed E-state index contributed by atoms with van der Waals surface area (Å²) in [6.45, 7) is 8.83. The van der Waals surface area contributed by atoms with E-state index in [4.69, 9.17) is 4.74 Å². The first-order valence-electron chi connectivity index (χ1n) is 6.90. The first kappa shape index (κ1) is 17.1. The molecule has 0 fully saturated rings. The van der Waals surface area contributed by atoms with E-state index in [9.17, 15) is 14.0 Å². The Morgan fingerprint density at radius 2 is 1.76 bits per heavy atom. The summed E-state index contributed by atoms with van der Waals surface area (Å²) in [5.74, 6) is -1.95. The standard InChI is InChI=1S/C16H22FNO3/c1-10(2)13(15(20)21-16(3,4)5)18-14(19)11-8-6-7-9-12(11)17/h6-10,13H,1-5H3,(H,18,19)/t13-/m1/s1. The van der Waals surface area contributed by atoms with Crippen molar-refractivity contribution in [2.75, 3.05) is 0 Å². The van der Waals surface area contributed by atoms with Gasteiger partial charge in [0.05, 0.1) is 5.56 Å². The van der Waals surface area contributed by atoms with Gasteiger partial charge >= 0.3 is 5.97 Å². The normalized spacial score (nSPS) is 12.9. The summed E-state index contributed by atoms with van der Waals surface area (Å²) in [6.07, 6.45) is 0. The number of rotatable bonds is 4. The van der Waals surface area contributed by atoms with Gasteiger partial charge in [0.2, 0.25) is 0 Å². The zero-order chi connectivity index (χ0) is 16.2. The van der Waals surface area contributed by atoms with Crippen LogP contribution in [0.25, 0.3) is 0 Å². The molecule has 0 aliphatic rings. The van der Waals surface area contributed by atoms with Gasteiger partial charge in [0.15, 0.2) is 0 Å². The summed E-state index contributed by atoms with van der Waals surface area (Å²) in [5, 5.41) is 2.54. The smallest absolute Gasteiger partial charge is 0.329 e. The number of ether oxygens (including phenoxy) is 1. The van der Waals surface area contributed by atoms with Crippen LogP contribution in [0.15, 0.2) is 24.3 Å². The maximum absolute atomic E-state index is 13.6. The number of esters is 1. The van der Waals surface area contributed by atoms with Gasteiger partial charge in [-0.3, -0.25) is 4.79 Å². The highest BCUT2D eigenvalue weighted by molar-refractivity contribution is 5.97. The Labute approximate surface area is 124 Å². The minimum absolute atomic E-state index is 0.0910. The molecule has 1 atom stereocenters. The van der Waals surface area contributed by atoms with Crippen molar-refractivity contribution in [2.24, 2.45) is 5.92 Å². The summed E-state index contributed by atoms with van der Waals surface area (Å²) in [7, 11) is 0. The quantitative estimate of drug-likeness (QED) is 0.869. The fourth-order valence-corrected chi connectivity index (χ4v) is 1.73. The lowest BCUT2D eigenvalue weighted by atomic mass is 10.0. The summed E-state index contributed by atoms with van der Waals surface area (Å²) in [5.41, 5.74) is -0.737. The molecule has 5 heteroatoms. The molecule has 0 heterocycles. The molecule has 0 saturated heterocycles. The molecule has 1 aromatic carbocycles. The predicted molar refractivity (Wildman–Crippen MR) is 78.3 cm³/mol. The van der Waals surface area contributed by atoms with Gasteiger partial charge < -0.3 is 10.1 Å². The van der Waals surface area contributed by atoms with Crippen molar-refractivity contribution in [3.63, 3.8) is 0 Å². The predicted octanol–water partition coefficient (Wildman–Crippen LogP) is 2.92. The number of carbonyl (C=O) groups excluding carboxylic acids is 2. The first-order chi connectivity index (χ1) is 9.61. The van der Waals surface area contributed by atoms with Crippen LogP contribution >= 0.6 is 0 Å². The average molecular weight is 295 g/mol. The third kappa shape index (κ3) is 5.17. The monoisotopic (exact) mass is 295 g/mol. The van der Waals surface area contributed by atoms with Gasteiger partial charge in [-0.1, -0.05) is 26.0 Å². The number of halogens is 1. The van der Waals surface area contributed by atoms with Crippen molar-refractivity contribution in [1.82, 2.24) is 5.32 Å². The van der Waals surface area contributed by atoms with Crippen LogP contribution in [0.5, 0.6) is 0 Å². The molecule has 0 unspecified atom stereocenters. The lowest BCUT2D eigenvalue weighted by Gasteiger charge is -2.26. The van der Waals surface area contributed by atoms with Crippen LogP contribution in [-0.2, 0) is 9.53 Å². The van der Waals surface area contributed by atoms with Gasteiger partial charge in [0.1, 0.15) is 17.5 Å². The fourth-order valence-electron chi connectivity index (χ4n) is 1.73. The van der Waals surface area contributed by atoms with Crippen molar-refractivity contribution in [3.8, 4) is 0 Å². The van der Waals surface area contributed by atoms with Gasteiger partial charge in [-0.15, -0.1) is 0 Å². The molecule has 21 heavy (non-hydrogen) atoms. The summed E-state index contributed by atoms with van der Waals surface area (Å²) in [4.78, 5) is 24.2. The molecule has 4 nitrogen and oxygen atoms in total. The molecule has 0 spiro atoms. The first-order valence-corrected chi connectivity index (χ1v) is 6.90. The second kappa shape index (κ2) is 6.70. The lowest BCUT2D eigenvalue weighted by Crippen LogP contribution is -2.47. The fraction of sp³-hybridized carbons (Fsp3) is 0.500. The molecule has 0 radical (unpaired) electrons. The van der Waals surface area contributed by atoms with Crippen LogP contribution < -0.4 is 5.32 Å².